The third-order valence-corrected chi connectivity index (χ3v) is 6.47. The minimum absolute atomic E-state index is 0.103. The van der Waals surface area contributed by atoms with E-state index in [-0.39, 0.29) is 24.6 Å². The van der Waals surface area contributed by atoms with E-state index in [4.69, 9.17) is 9.47 Å². The molecule has 0 atom stereocenters. The number of benzene rings is 3. The molecule has 0 bridgehead atoms. The maximum absolute atomic E-state index is 12.0. The predicted molar refractivity (Wildman–Crippen MR) is 136 cm³/mol. The van der Waals surface area contributed by atoms with Gasteiger partial charge in [-0.1, -0.05) is 48.5 Å². The van der Waals surface area contributed by atoms with E-state index in [1.807, 2.05) is 24.3 Å². The number of rotatable bonds is 10. The minimum atomic E-state index is -0.547. The van der Waals surface area contributed by atoms with Gasteiger partial charge in [-0.3, -0.25) is 20.2 Å². The highest BCUT2D eigenvalue weighted by atomic mass is 32.2. The highest BCUT2D eigenvalue weighted by Gasteiger charge is 2.16. The van der Waals surface area contributed by atoms with Gasteiger partial charge in [-0.25, -0.2) is 9.59 Å². The van der Waals surface area contributed by atoms with E-state index in [9.17, 15) is 29.8 Å². The quantitative estimate of drug-likeness (QED) is 0.160. The zero-order valence-electron chi connectivity index (χ0n) is 18.7. The van der Waals surface area contributed by atoms with E-state index in [1.165, 1.54) is 24.3 Å². The van der Waals surface area contributed by atoms with Crippen LogP contribution in [-0.2, 0) is 34.2 Å². The fourth-order valence-corrected chi connectivity index (χ4v) is 4.23. The van der Waals surface area contributed by atoms with Crippen molar-refractivity contribution in [3.63, 3.8) is 0 Å². The number of nitrogens with zero attached hydrogens (tertiary/aromatic N) is 2. The van der Waals surface area contributed by atoms with Crippen LogP contribution in [0.1, 0.15) is 22.3 Å². The molecule has 0 saturated carbocycles. The Labute approximate surface area is 214 Å². The van der Waals surface area contributed by atoms with Crippen molar-refractivity contribution in [1.82, 2.24) is 0 Å². The molecule has 0 aliphatic heterocycles. The Morgan fingerprint density at radius 3 is 1.36 bits per heavy atom. The summed E-state index contributed by atoms with van der Waals surface area (Å²) in [7, 11) is 0. The normalized spacial score (nSPS) is 10.4. The summed E-state index contributed by atoms with van der Waals surface area (Å²) in [6, 6.07) is 19.4. The Kier molecular flexibility index (Phi) is 9.83. The number of hydrogen-bond acceptors (Lipinski definition) is 10. The topological polar surface area (TPSA) is 139 Å². The molecule has 186 valence electrons. The van der Waals surface area contributed by atoms with E-state index in [0.29, 0.717) is 22.6 Å². The van der Waals surface area contributed by atoms with Gasteiger partial charge in [0, 0.05) is 23.6 Å². The summed E-state index contributed by atoms with van der Waals surface area (Å²) in [5.74, 6) is 0.697. The monoisotopic (exact) mass is 528 g/mol. The van der Waals surface area contributed by atoms with E-state index in [1.54, 1.807) is 24.3 Å². The molecule has 0 unspecified atom stereocenters. The van der Waals surface area contributed by atoms with Crippen molar-refractivity contribution in [2.75, 3.05) is 0 Å². The van der Waals surface area contributed by atoms with Gasteiger partial charge in [-0.15, -0.1) is 0 Å². The van der Waals surface area contributed by atoms with E-state index in [0.717, 1.165) is 34.7 Å². The van der Waals surface area contributed by atoms with Gasteiger partial charge in [0.2, 0.25) is 0 Å². The molecule has 0 amide bonds. The maximum atomic E-state index is 12.0. The smallest absolute Gasteiger partial charge is 0.367 e. The Hall–Kier alpha value is -3.90. The fraction of sp³-hybridized carbons (Fsp3) is 0.167. The van der Waals surface area contributed by atoms with Crippen LogP contribution >= 0.6 is 23.5 Å². The predicted octanol–water partition coefficient (Wildman–Crippen LogP) is 6.64. The van der Waals surface area contributed by atoms with Crippen molar-refractivity contribution in [2.45, 2.75) is 24.7 Å². The average molecular weight is 529 g/mol. The highest BCUT2D eigenvalue weighted by Crippen LogP contribution is 2.23. The molecule has 0 heterocycles. The molecule has 36 heavy (non-hydrogen) atoms. The van der Waals surface area contributed by atoms with E-state index < -0.39 is 20.4 Å². The first-order valence-corrected chi connectivity index (χ1v) is 12.4. The Morgan fingerprint density at radius 2 is 1.00 bits per heavy atom. The van der Waals surface area contributed by atoms with Crippen LogP contribution in [0.15, 0.2) is 72.8 Å². The number of ether oxygens (including phenoxy) is 2. The molecule has 3 aromatic rings. The van der Waals surface area contributed by atoms with Crippen molar-refractivity contribution in [2.24, 2.45) is 0 Å². The van der Waals surface area contributed by atoms with Gasteiger partial charge < -0.3 is 9.47 Å². The summed E-state index contributed by atoms with van der Waals surface area (Å²) >= 11 is 1.87. The molecule has 0 radical (unpaired) electrons. The second-order valence-electron chi connectivity index (χ2n) is 7.24. The second kappa shape index (κ2) is 13.3. The number of thioether (sulfide) groups is 2. The molecule has 3 rings (SSSR count). The van der Waals surface area contributed by atoms with E-state index in [2.05, 4.69) is 0 Å². The summed E-state index contributed by atoms with van der Waals surface area (Å²) in [5, 5.41) is 21.0. The minimum Gasteiger partial charge on any atom is -0.452 e. The third-order valence-electron chi connectivity index (χ3n) is 4.80. The summed E-state index contributed by atoms with van der Waals surface area (Å²) in [5.41, 5.74) is 2.14. The molecule has 0 aliphatic carbocycles. The molecular formula is C24H20N2O8S2. The van der Waals surface area contributed by atoms with Crippen LogP contribution in [0.4, 0.5) is 21.0 Å². The third kappa shape index (κ3) is 8.10. The lowest BCUT2D eigenvalue weighted by molar-refractivity contribution is -0.386. The number of nitro groups is 2. The maximum Gasteiger partial charge on any atom is 0.367 e. The standard InChI is InChI=1S/C24H20N2O8S2/c27-23(33-13-19-5-1-3-7-21(19)25(29)30)35-15-17-9-11-18(12-10-17)16-36-24(28)34-14-20-6-2-4-8-22(20)26(31)32/h1-12H,13-16H2. The number of carbonyl (C=O) groups is 2. The molecule has 0 fully saturated rings. The average Bonchev–Trinajstić information content (AvgIpc) is 2.89. The number of para-hydroxylation sites is 2. The van der Waals surface area contributed by atoms with Crippen LogP contribution in [0.2, 0.25) is 0 Å². The second-order valence-corrected chi connectivity index (χ2v) is 9.06. The lowest BCUT2D eigenvalue weighted by Gasteiger charge is -2.07. The molecule has 0 aromatic heterocycles. The van der Waals surface area contributed by atoms with Gasteiger partial charge in [0.15, 0.2) is 0 Å². The Balaban J connectivity index is 1.39. The van der Waals surface area contributed by atoms with Crippen LogP contribution in [0.25, 0.3) is 0 Å². The molecule has 10 nitrogen and oxygen atoms in total. The molecule has 3 aromatic carbocycles. The summed E-state index contributed by atoms with van der Waals surface area (Å²) in [6.45, 7) is -0.375. The van der Waals surface area contributed by atoms with Crippen LogP contribution in [0.5, 0.6) is 0 Å². The number of hydrogen-bond donors (Lipinski definition) is 0. The fourth-order valence-electron chi connectivity index (χ4n) is 2.99. The molecule has 0 saturated heterocycles. The van der Waals surface area contributed by atoms with Crippen LogP contribution in [-0.4, -0.2) is 20.4 Å². The number of nitro benzene ring substituents is 2. The summed E-state index contributed by atoms with van der Waals surface area (Å²) < 4.78 is 10.3. The first-order valence-electron chi connectivity index (χ1n) is 10.4. The Morgan fingerprint density at radius 1 is 0.639 bits per heavy atom. The van der Waals surface area contributed by atoms with Crippen molar-refractivity contribution in [3.8, 4) is 0 Å². The van der Waals surface area contributed by atoms with Crippen molar-refractivity contribution in [1.29, 1.82) is 0 Å². The first-order chi connectivity index (χ1) is 17.3. The first kappa shape index (κ1) is 26.7. The van der Waals surface area contributed by atoms with Gasteiger partial charge in [-0.05, 0) is 46.8 Å². The summed E-state index contributed by atoms with van der Waals surface area (Å²) in [6.07, 6.45) is 0. The largest absolute Gasteiger partial charge is 0.452 e. The molecule has 0 aliphatic rings. The molecule has 12 heteroatoms. The SMILES string of the molecule is O=C(OCc1ccccc1[N+](=O)[O-])SCc1ccc(CSC(=O)OCc2ccccc2[N+](=O)[O-])cc1. The lowest BCUT2D eigenvalue weighted by Crippen LogP contribution is -2.02. The summed E-state index contributed by atoms with van der Waals surface area (Å²) in [4.78, 5) is 45.0. The zero-order valence-corrected chi connectivity index (χ0v) is 20.4. The zero-order chi connectivity index (χ0) is 25.9. The lowest BCUT2D eigenvalue weighted by atomic mass is 10.2. The van der Waals surface area contributed by atoms with Crippen molar-refractivity contribution >= 4 is 45.5 Å². The van der Waals surface area contributed by atoms with Crippen LogP contribution in [0, 0.1) is 20.2 Å². The van der Waals surface area contributed by atoms with Crippen LogP contribution in [0.3, 0.4) is 0 Å². The number of carbonyl (C=O) groups excluding carboxylic acids is 2. The molecule has 0 spiro atoms. The van der Waals surface area contributed by atoms with Gasteiger partial charge in [0.05, 0.1) is 21.0 Å². The van der Waals surface area contributed by atoms with Crippen molar-refractivity contribution < 1.29 is 28.9 Å². The van der Waals surface area contributed by atoms with E-state index >= 15 is 0 Å². The van der Waals surface area contributed by atoms with Crippen molar-refractivity contribution in [3.05, 3.63) is 115 Å². The van der Waals surface area contributed by atoms with Gasteiger partial charge in [0.25, 0.3) is 11.4 Å². The molecule has 0 N–H and O–H groups in total. The van der Waals surface area contributed by atoms with Crippen LogP contribution < -0.4 is 0 Å². The van der Waals surface area contributed by atoms with Gasteiger partial charge in [0.1, 0.15) is 13.2 Å². The Bertz CT molecular complexity index is 1150. The molecular weight excluding hydrogens is 508 g/mol. The van der Waals surface area contributed by atoms with Gasteiger partial charge in [-0.2, -0.15) is 0 Å². The highest BCUT2D eigenvalue weighted by molar-refractivity contribution is 8.12. The van der Waals surface area contributed by atoms with Gasteiger partial charge >= 0.3 is 10.6 Å².